The van der Waals surface area contributed by atoms with Gasteiger partial charge in [0.2, 0.25) is 5.43 Å². The maximum atomic E-state index is 12.1. The highest BCUT2D eigenvalue weighted by Crippen LogP contribution is 2.22. The van der Waals surface area contributed by atoms with Gasteiger partial charge in [-0.25, -0.2) is 4.79 Å². The van der Waals surface area contributed by atoms with Crippen LogP contribution in [0.25, 0.3) is 10.9 Å². The van der Waals surface area contributed by atoms with Gasteiger partial charge >= 0.3 is 5.97 Å². The molecule has 5 heteroatoms. The van der Waals surface area contributed by atoms with Gasteiger partial charge < -0.3 is 14.8 Å². The smallest absolute Gasteiger partial charge is 0.343 e. The third kappa shape index (κ3) is 1.95. The lowest BCUT2D eigenvalue weighted by molar-refractivity contribution is 0.0524. The number of benzene rings is 1. The molecule has 0 saturated carbocycles. The standard InChI is InChI=1S/C13H13NO4/c1-3-18-13(17)8-6-14-9-4-7(2)5-10(15)11(9)12(8)16/h4-6,15H,3H2,1-2H3,(H,14,16). The van der Waals surface area contributed by atoms with Crippen molar-refractivity contribution in [2.75, 3.05) is 6.61 Å². The quantitative estimate of drug-likeness (QED) is 0.792. The van der Waals surface area contributed by atoms with Crippen molar-refractivity contribution in [3.8, 4) is 5.75 Å². The Hall–Kier alpha value is -2.30. The fourth-order valence-corrected chi connectivity index (χ4v) is 1.83. The van der Waals surface area contributed by atoms with Crippen molar-refractivity contribution in [1.29, 1.82) is 0 Å². The molecule has 0 saturated heterocycles. The molecule has 0 spiro atoms. The van der Waals surface area contributed by atoms with Gasteiger partial charge in [-0.3, -0.25) is 4.79 Å². The van der Waals surface area contributed by atoms with E-state index in [4.69, 9.17) is 4.74 Å². The zero-order valence-corrected chi connectivity index (χ0v) is 10.1. The molecule has 2 rings (SSSR count). The lowest BCUT2D eigenvalue weighted by Gasteiger charge is -2.05. The van der Waals surface area contributed by atoms with Crippen molar-refractivity contribution in [3.05, 3.63) is 39.7 Å². The summed E-state index contributed by atoms with van der Waals surface area (Å²) in [6.07, 6.45) is 1.31. The van der Waals surface area contributed by atoms with E-state index in [0.717, 1.165) is 5.56 Å². The summed E-state index contributed by atoms with van der Waals surface area (Å²) in [5.41, 5.74) is 0.674. The molecule has 0 bridgehead atoms. The van der Waals surface area contributed by atoms with Gasteiger partial charge in [-0.15, -0.1) is 0 Å². The lowest BCUT2D eigenvalue weighted by Crippen LogP contribution is -2.18. The number of hydrogen-bond donors (Lipinski definition) is 2. The zero-order valence-electron chi connectivity index (χ0n) is 10.1. The van der Waals surface area contributed by atoms with Gasteiger partial charge in [-0.2, -0.15) is 0 Å². The molecule has 0 unspecified atom stereocenters. The molecular formula is C13H13NO4. The summed E-state index contributed by atoms with van der Waals surface area (Å²) in [6.45, 7) is 3.65. The molecule has 1 aromatic carbocycles. The van der Waals surface area contributed by atoms with Crippen molar-refractivity contribution in [1.82, 2.24) is 4.98 Å². The highest BCUT2D eigenvalue weighted by atomic mass is 16.5. The van der Waals surface area contributed by atoms with Crippen LogP contribution in [0, 0.1) is 6.92 Å². The van der Waals surface area contributed by atoms with Crippen molar-refractivity contribution in [2.24, 2.45) is 0 Å². The molecule has 94 valence electrons. The number of aromatic amines is 1. The number of ether oxygens (including phenoxy) is 1. The lowest BCUT2D eigenvalue weighted by atomic mass is 10.1. The molecule has 0 atom stereocenters. The molecule has 0 aliphatic carbocycles. The van der Waals surface area contributed by atoms with Gasteiger partial charge in [-0.1, -0.05) is 0 Å². The van der Waals surface area contributed by atoms with Crippen molar-refractivity contribution in [2.45, 2.75) is 13.8 Å². The van der Waals surface area contributed by atoms with E-state index in [1.54, 1.807) is 19.9 Å². The fourth-order valence-electron chi connectivity index (χ4n) is 1.83. The molecule has 0 radical (unpaired) electrons. The van der Waals surface area contributed by atoms with Gasteiger partial charge in [0.25, 0.3) is 0 Å². The number of hydrogen-bond acceptors (Lipinski definition) is 4. The minimum Gasteiger partial charge on any atom is -0.507 e. The Morgan fingerprint density at radius 2 is 2.17 bits per heavy atom. The Morgan fingerprint density at radius 1 is 1.44 bits per heavy atom. The number of carbonyl (C=O) groups excluding carboxylic acids is 1. The first-order chi connectivity index (χ1) is 8.54. The summed E-state index contributed by atoms with van der Waals surface area (Å²) < 4.78 is 4.78. The minimum atomic E-state index is -0.694. The molecule has 0 fully saturated rings. The average Bonchev–Trinajstić information content (AvgIpc) is 2.28. The van der Waals surface area contributed by atoms with Gasteiger partial charge in [0.1, 0.15) is 11.3 Å². The molecule has 1 aromatic heterocycles. The van der Waals surface area contributed by atoms with Gasteiger partial charge in [0, 0.05) is 6.20 Å². The Kier molecular flexibility index (Phi) is 3.06. The summed E-state index contributed by atoms with van der Waals surface area (Å²) in [5, 5.41) is 9.90. The molecular weight excluding hydrogens is 234 g/mol. The van der Waals surface area contributed by atoms with Crippen LogP contribution >= 0.6 is 0 Å². The second-order valence-electron chi connectivity index (χ2n) is 3.96. The van der Waals surface area contributed by atoms with E-state index < -0.39 is 11.4 Å². The van der Waals surface area contributed by atoms with E-state index in [2.05, 4.69) is 4.98 Å². The minimum absolute atomic E-state index is 0.103. The van der Waals surface area contributed by atoms with Crippen molar-refractivity contribution >= 4 is 16.9 Å². The summed E-state index contributed by atoms with van der Waals surface area (Å²) in [4.78, 5) is 26.5. The Labute approximate surface area is 103 Å². The second kappa shape index (κ2) is 4.52. The molecule has 2 N–H and O–H groups in total. The number of nitrogens with one attached hydrogen (secondary N) is 1. The van der Waals surface area contributed by atoms with Crippen molar-refractivity contribution in [3.63, 3.8) is 0 Å². The number of phenolic OH excluding ortho intramolecular Hbond substituents is 1. The molecule has 5 nitrogen and oxygen atoms in total. The van der Waals surface area contributed by atoms with Gasteiger partial charge in [-0.05, 0) is 31.5 Å². The third-order valence-corrected chi connectivity index (χ3v) is 2.60. The second-order valence-corrected chi connectivity index (χ2v) is 3.96. The van der Waals surface area contributed by atoms with E-state index in [-0.39, 0.29) is 23.3 Å². The molecule has 0 aliphatic rings. The number of carbonyl (C=O) groups is 1. The van der Waals surface area contributed by atoms with Crippen LogP contribution in [0.1, 0.15) is 22.8 Å². The SMILES string of the molecule is CCOC(=O)c1c[nH]c2cc(C)cc(O)c2c1=O. The van der Waals surface area contributed by atoms with Crippen LogP contribution in [0.15, 0.2) is 23.1 Å². The first kappa shape index (κ1) is 12.2. The van der Waals surface area contributed by atoms with Gasteiger partial charge in [0.15, 0.2) is 0 Å². The van der Waals surface area contributed by atoms with Crippen LogP contribution in [0.2, 0.25) is 0 Å². The number of aromatic hydroxyl groups is 1. The largest absolute Gasteiger partial charge is 0.507 e. The number of H-pyrrole nitrogens is 1. The van der Waals surface area contributed by atoms with Crippen LogP contribution < -0.4 is 5.43 Å². The summed E-state index contributed by atoms with van der Waals surface area (Å²) in [5.74, 6) is -0.835. The van der Waals surface area contributed by atoms with E-state index in [1.807, 2.05) is 0 Å². The van der Waals surface area contributed by atoms with Crippen LogP contribution in [-0.4, -0.2) is 22.7 Å². The average molecular weight is 247 g/mol. The molecule has 18 heavy (non-hydrogen) atoms. The predicted molar refractivity (Wildman–Crippen MR) is 66.9 cm³/mol. The molecule has 0 aliphatic heterocycles. The summed E-state index contributed by atoms with van der Waals surface area (Å²) in [6, 6.07) is 3.21. The highest BCUT2D eigenvalue weighted by Gasteiger charge is 2.16. The van der Waals surface area contributed by atoms with Crippen LogP contribution in [0.5, 0.6) is 5.75 Å². The van der Waals surface area contributed by atoms with Crippen LogP contribution in [0.3, 0.4) is 0 Å². The third-order valence-electron chi connectivity index (χ3n) is 2.60. The normalized spacial score (nSPS) is 10.6. The van der Waals surface area contributed by atoms with E-state index in [0.29, 0.717) is 5.52 Å². The fraction of sp³-hybridized carbons (Fsp3) is 0.231. The first-order valence-electron chi connectivity index (χ1n) is 5.56. The number of aromatic nitrogens is 1. The van der Waals surface area contributed by atoms with E-state index in [1.165, 1.54) is 12.3 Å². The van der Waals surface area contributed by atoms with Gasteiger partial charge in [0.05, 0.1) is 17.5 Å². The zero-order chi connectivity index (χ0) is 13.3. The number of esters is 1. The molecule has 2 aromatic rings. The van der Waals surface area contributed by atoms with Crippen molar-refractivity contribution < 1.29 is 14.6 Å². The maximum Gasteiger partial charge on any atom is 0.343 e. The number of rotatable bonds is 2. The topological polar surface area (TPSA) is 79.4 Å². The monoisotopic (exact) mass is 247 g/mol. The van der Waals surface area contributed by atoms with E-state index >= 15 is 0 Å². The number of pyridine rings is 1. The Bertz CT molecular complexity index is 672. The van der Waals surface area contributed by atoms with Crippen LogP contribution in [0.4, 0.5) is 0 Å². The molecule has 1 heterocycles. The van der Waals surface area contributed by atoms with Crippen LogP contribution in [-0.2, 0) is 4.74 Å². The predicted octanol–water partition coefficient (Wildman–Crippen LogP) is 1.72. The number of aryl methyl sites for hydroxylation is 1. The first-order valence-corrected chi connectivity index (χ1v) is 5.56. The Balaban J connectivity index is 2.72. The van der Waals surface area contributed by atoms with E-state index in [9.17, 15) is 14.7 Å². The number of phenols is 1. The highest BCUT2D eigenvalue weighted by molar-refractivity contribution is 5.95. The number of fused-ring (bicyclic) bond motifs is 1. The maximum absolute atomic E-state index is 12.1. The summed E-state index contributed by atoms with van der Waals surface area (Å²) in [7, 11) is 0. The Morgan fingerprint density at radius 3 is 2.83 bits per heavy atom. The summed E-state index contributed by atoms with van der Waals surface area (Å²) >= 11 is 0. The molecule has 0 amide bonds.